The van der Waals surface area contributed by atoms with Crippen LogP contribution in [0.5, 0.6) is 0 Å². The second-order valence-corrected chi connectivity index (χ2v) is 10.4. The minimum absolute atomic E-state index is 0.0761. The molecular formula is C26H36N4O3. The Bertz CT molecular complexity index is 1020. The first-order valence-corrected chi connectivity index (χ1v) is 12.1. The second kappa shape index (κ2) is 9.20. The van der Waals surface area contributed by atoms with Crippen molar-refractivity contribution in [3.8, 4) is 5.69 Å². The van der Waals surface area contributed by atoms with Gasteiger partial charge in [-0.2, -0.15) is 5.10 Å². The van der Waals surface area contributed by atoms with Crippen LogP contribution < -0.4 is 0 Å². The zero-order chi connectivity index (χ0) is 23.8. The maximum atomic E-state index is 13.4. The maximum absolute atomic E-state index is 13.4. The van der Waals surface area contributed by atoms with E-state index in [1.807, 2.05) is 30.4 Å². The van der Waals surface area contributed by atoms with Crippen LogP contribution in [-0.2, 0) is 4.74 Å². The number of rotatable bonds is 3. The standard InChI is InChI=1S/C26H36N4O3/c1-18-8-9-21(16-19(18)2)30-23(22(17-27-30)24(31)28-12-6-7-13-28)20-10-14-29(15-11-20)25(32)33-26(3,4)5/h8-9,16-17,20H,6-7,10-15H2,1-5H3. The first-order chi connectivity index (χ1) is 15.6. The Balaban J connectivity index is 1.62. The van der Waals surface area contributed by atoms with Crippen molar-refractivity contribution in [1.82, 2.24) is 19.6 Å². The highest BCUT2D eigenvalue weighted by molar-refractivity contribution is 5.95. The van der Waals surface area contributed by atoms with Gasteiger partial charge in [0.15, 0.2) is 0 Å². The number of likely N-dealkylation sites (tertiary alicyclic amines) is 2. The van der Waals surface area contributed by atoms with Crippen LogP contribution in [0.2, 0.25) is 0 Å². The van der Waals surface area contributed by atoms with Gasteiger partial charge in [0.05, 0.1) is 23.1 Å². The van der Waals surface area contributed by atoms with Gasteiger partial charge in [-0.05, 0) is 83.6 Å². The van der Waals surface area contributed by atoms with Gasteiger partial charge in [0.1, 0.15) is 5.60 Å². The van der Waals surface area contributed by atoms with Crippen LogP contribution in [0.3, 0.4) is 0 Å². The van der Waals surface area contributed by atoms with Gasteiger partial charge in [-0.3, -0.25) is 4.79 Å². The molecule has 2 aliphatic heterocycles. The molecule has 7 heteroatoms. The number of aromatic nitrogens is 2. The van der Waals surface area contributed by atoms with Gasteiger partial charge in [0.25, 0.3) is 5.91 Å². The van der Waals surface area contributed by atoms with Crippen molar-refractivity contribution in [1.29, 1.82) is 0 Å². The monoisotopic (exact) mass is 452 g/mol. The van der Waals surface area contributed by atoms with Crippen LogP contribution in [0.25, 0.3) is 5.69 Å². The molecule has 2 fully saturated rings. The van der Waals surface area contributed by atoms with E-state index in [-0.39, 0.29) is 17.9 Å². The first kappa shape index (κ1) is 23.3. The van der Waals surface area contributed by atoms with Gasteiger partial charge in [-0.15, -0.1) is 0 Å². The van der Waals surface area contributed by atoms with E-state index in [1.165, 1.54) is 11.1 Å². The molecule has 2 aliphatic rings. The summed E-state index contributed by atoms with van der Waals surface area (Å²) >= 11 is 0. The number of carbonyl (C=O) groups is 2. The van der Waals surface area contributed by atoms with Crippen LogP contribution in [0.4, 0.5) is 4.79 Å². The Morgan fingerprint density at radius 1 is 0.970 bits per heavy atom. The minimum atomic E-state index is -0.509. The van der Waals surface area contributed by atoms with E-state index < -0.39 is 5.60 Å². The van der Waals surface area contributed by atoms with E-state index in [0.29, 0.717) is 18.7 Å². The third-order valence-corrected chi connectivity index (χ3v) is 6.70. The molecule has 0 atom stereocenters. The van der Waals surface area contributed by atoms with Gasteiger partial charge in [-0.1, -0.05) is 6.07 Å². The third kappa shape index (κ3) is 5.07. The average Bonchev–Trinajstić information content (AvgIpc) is 3.44. The molecule has 0 aliphatic carbocycles. The summed E-state index contributed by atoms with van der Waals surface area (Å²) < 4.78 is 7.51. The lowest BCUT2D eigenvalue weighted by atomic mass is 9.90. The lowest BCUT2D eigenvalue weighted by Crippen LogP contribution is -2.41. The smallest absolute Gasteiger partial charge is 0.410 e. The fourth-order valence-corrected chi connectivity index (χ4v) is 4.73. The van der Waals surface area contributed by atoms with E-state index in [9.17, 15) is 9.59 Å². The Kier molecular flexibility index (Phi) is 6.50. The normalized spacial score (nSPS) is 17.5. The summed E-state index contributed by atoms with van der Waals surface area (Å²) in [6.07, 6.45) is 5.13. The van der Waals surface area contributed by atoms with E-state index in [1.54, 1.807) is 11.1 Å². The predicted octanol–water partition coefficient (Wildman–Crippen LogP) is 4.84. The van der Waals surface area contributed by atoms with Crippen LogP contribution in [-0.4, -0.2) is 63.4 Å². The second-order valence-electron chi connectivity index (χ2n) is 10.4. The first-order valence-electron chi connectivity index (χ1n) is 12.1. The molecule has 0 spiro atoms. The van der Waals surface area contributed by atoms with Crippen molar-refractivity contribution in [2.45, 2.75) is 71.8 Å². The van der Waals surface area contributed by atoms with Crippen molar-refractivity contribution in [2.24, 2.45) is 0 Å². The summed E-state index contributed by atoms with van der Waals surface area (Å²) in [6.45, 7) is 12.7. The Morgan fingerprint density at radius 2 is 1.64 bits per heavy atom. The maximum Gasteiger partial charge on any atom is 0.410 e. The van der Waals surface area contributed by atoms with Crippen LogP contribution >= 0.6 is 0 Å². The van der Waals surface area contributed by atoms with Gasteiger partial charge >= 0.3 is 6.09 Å². The molecule has 178 valence electrons. The van der Waals surface area contributed by atoms with Crippen molar-refractivity contribution in [3.05, 3.63) is 46.8 Å². The molecule has 1 aromatic carbocycles. The summed E-state index contributed by atoms with van der Waals surface area (Å²) in [5.74, 6) is 0.224. The number of benzene rings is 1. The SMILES string of the molecule is Cc1ccc(-n2ncc(C(=O)N3CCCC3)c2C2CCN(C(=O)OC(C)(C)C)CC2)cc1C. The molecule has 2 saturated heterocycles. The van der Waals surface area contributed by atoms with E-state index in [4.69, 9.17) is 9.84 Å². The fraction of sp³-hybridized carbons (Fsp3) is 0.577. The number of ether oxygens (including phenoxy) is 1. The van der Waals surface area contributed by atoms with Crippen molar-refractivity contribution in [2.75, 3.05) is 26.2 Å². The number of piperidine rings is 1. The van der Waals surface area contributed by atoms with Crippen LogP contribution in [0, 0.1) is 13.8 Å². The highest BCUT2D eigenvalue weighted by Gasteiger charge is 2.33. The van der Waals surface area contributed by atoms with Crippen molar-refractivity contribution < 1.29 is 14.3 Å². The largest absolute Gasteiger partial charge is 0.444 e. The van der Waals surface area contributed by atoms with Gasteiger partial charge < -0.3 is 14.5 Å². The summed E-state index contributed by atoms with van der Waals surface area (Å²) in [4.78, 5) is 29.7. The lowest BCUT2D eigenvalue weighted by Gasteiger charge is -2.34. The molecule has 0 unspecified atom stereocenters. The van der Waals surface area contributed by atoms with Crippen molar-refractivity contribution in [3.63, 3.8) is 0 Å². The van der Waals surface area contributed by atoms with Crippen LogP contribution in [0.15, 0.2) is 24.4 Å². The number of aryl methyl sites for hydroxylation is 2. The summed E-state index contributed by atoms with van der Waals surface area (Å²) in [6, 6.07) is 6.30. The Hall–Kier alpha value is -2.83. The summed E-state index contributed by atoms with van der Waals surface area (Å²) in [5, 5.41) is 4.69. The quantitative estimate of drug-likeness (QED) is 0.668. The topological polar surface area (TPSA) is 67.7 Å². The Labute approximate surface area is 196 Å². The molecule has 0 bridgehead atoms. The fourth-order valence-electron chi connectivity index (χ4n) is 4.73. The molecule has 2 aromatic rings. The molecular weight excluding hydrogens is 416 g/mol. The molecule has 0 saturated carbocycles. The molecule has 4 rings (SSSR count). The van der Waals surface area contributed by atoms with E-state index >= 15 is 0 Å². The molecule has 1 aromatic heterocycles. The third-order valence-electron chi connectivity index (χ3n) is 6.70. The lowest BCUT2D eigenvalue weighted by molar-refractivity contribution is 0.0203. The minimum Gasteiger partial charge on any atom is -0.444 e. The highest BCUT2D eigenvalue weighted by Crippen LogP contribution is 2.34. The van der Waals surface area contributed by atoms with E-state index in [2.05, 4.69) is 32.0 Å². The zero-order valence-electron chi connectivity index (χ0n) is 20.6. The van der Waals surface area contributed by atoms with Crippen molar-refractivity contribution >= 4 is 12.0 Å². The summed E-state index contributed by atoms with van der Waals surface area (Å²) in [7, 11) is 0. The molecule has 2 amide bonds. The molecule has 0 N–H and O–H groups in total. The van der Waals surface area contributed by atoms with E-state index in [0.717, 1.165) is 50.2 Å². The number of nitrogens with zero attached hydrogens (tertiary/aromatic N) is 4. The number of hydrogen-bond acceptors (Lipinski definition) is 4. The molecule has 33 heavy (non-hydrogen) atoms. The molecule has 7 nitrogen and oxygen atoms in total. The average molecular weight is 453 g/mol. The highest BCUT2D eigenvalue weighted by atomic mass is 16.6. The number of amides is 2. The molecule has 3 heterocycles. The van der Waals surface area contributed by atoms with Gasteiger partial charge in [0.2, 0.25) is 0 Å². The van der Waals surface area contributed by atoms with Gasteiger partial charge in [-0.25, -0.2) is 9.48 Å². The van der Waals surface area contributed by atoms with Gasteiger partial charge in [0, 0.05) is 32.1 Å². The molecule has 0 radical (unpaired) electrons. The number of hydrogen-bond donors (Lipinski definition) is 0. The number of carbonyl (C=O) groups excluding carboxylic acids is 2. The zero-order valence-corrected chi connectivity index (χ0v) is 20.6. The predicted molar refractivity (Wildman–Crippen MR) is 128 cm³/mol. The summed E-state index contributed by atoms with van der Waals surface area (Å²) in [5.41, 5.74) is 4.56. The van der Waals surface area contributed by atoms with Crippen LogP contribution in [0.1, 0.15) is 79.6 Å². The Morgan fingerprint density at radius 3 is 2.24 bits per heavy atom.